The van der Waals surface area contributed by atoms with Crippen LogP contribution >= 0.6 is 23.5 Å². The highest BCUT2D eigenvalue weighted by molar-refractivity contribution is 8.17. The van der Waals surface area contributed by atoms with Crippen LogP contribution in [0.4, 0.5) is 4.79 Å². The summed E-state index contributed by atoms with van der Waals surface area (Å²) < 4.78 is 0.112. The van der Waals surface area contributed by atoms with Gasteiger partial charge in [-0.1, -0.05) is 0 Å². The molecule has 1 fully saturated rings. The smallest absolute Gasteiger partial charge is 0.408 e. The molecule has 0 bridgehead atoms. The van der Waals surface area contributed by atoms with Crippen LogP contribution in [0.25, 0.3) is 0 Å². The lowest BCUT2D eigenvalue weighted by Gasteiger charge is -2.27. The minimum Gasteiger partial charge on any atom is -0.465 e. The first-order valence-corrected chi connectivity index (χ1v) is 5.50. The number of rotatable bonds is 1. The molecular weight excluding hydrogens is 182 g/mol. The highest BCUT2D eigenvalue weighted by atomic mass is 32.2. The molecule has 0 radical (unpaired) electrons. The molecule has 1 amide bonds. The predicted molar refractivity (Wildman–Crippen MR) is 49.1 cm³/mol. The van der Waals surface area contributed by atoms with Crippen molar-refractivity contribution in [1.82, 2.24) is 4.90 Å². The number of nitrogens with zero attached hydrogens (tertiary/aromatic N) is 1. The van der Waals surface area contributed by atoms with E-state index in [4.69, 9.17) is 5.11 Å². The summed E-state index contributed by atoms with van der Waals surface area (Å²) in [5.41, 5.74) is 0. The van der Waals surface area contributed by atoms with Crippen LogP contribution in [0.1, 0.15) is 6.42 Å². The third-order valence-electron chi connectivity index (χ3n) is 1.43. The fourth-order valence-corrected chi connectivity index (χ4v) is 3.59. The van der Waals surface area contributed by atoms with Crippen molar-refractivity contribution in [3.05, 3.63) is 0 Å². The molecule has 0 unspecified atom stereocenters. The minimum absolute atomic E-state index is 0.112. The Labute approximate surface area is 74.5 Å². The molecule has 1 N–H and O–H groups in total. The van der Waals surface area contributed by atoms with Gasteiger partial charge in [-0.15, -0.1) is 23.5 Å². The van der Waals surface area contributed by atoms with Crippen molar-refractivity contribution in [1.29, 1.82) is 0 Å². The van der Waals surface area contributed by atoms with Gasteiger partial charge in [0.05, 0.1) is 0 Å². The largest absolute Gasteiger partial charge is 0.465 e. The van der Waals surface area contributed by atoms with E-state index in [1.165, 1.54) is 11.3 Å². The average molecular weight is 193 g/mol. The molecule has 0 atom stereocenters. The van der Waals surface area contributed by atoms with E-state index in [0.717, 1.165) is 11.5 Å². The van der Waals surface area contributed by atoms with Crippen LogP contribution in [0.5, 0.6) is 0 Å². The highest BCUT2D eigenvalue weighted by Gasteiger charge is 2.22. The Morgan fingerprint density at radius 3 is 2.55 bits per heavy atom. The van der Waals surface area contributed by atoms with E-state index in [2.05, 4.69) is 0 Å². The number of amides is 1. The summed E-state index contributed by atoms with van der Waals surface area (Å²) in [6.45, 7) is 0. The number of carboxylic acid groups (broad SMARTS) is 1. The molecule has 0 saturated carbocycles. The van der Waals surface area contributed by atoms with Gasteiger partial charge < -0.3 is 5.11 Å². The zero-order valence-electron chi connectivity index (χ0n) is 6.32. The second kappa shape index (κ2) is 4.11. The van der Waals surface area contributed by atoms with E-state index < -0.39 is 6.09 Å². The van der Waals surface area contributed by atoms with Crippen LogP contribution < -0.4 is 0 Å². The third kappa shape index (κ3) is 2.48. The molecule has 0 aromatic rings. The summed E-state index contributed by atoms with van der Waals surface area (Å²) in [6, 6.07) is 0. The fraction of sp³-hybridized carbons (Fsp3) is 0.833. The topological polar surface area (TPSA) is 40.5 Å². The van der Waals surface area contributed by atoms with Crippen molar-refractivity contribution in [2.45, 2.75) is 11.1 Å². The van der Waals surface area contributed by atoms with Gasteiger partial charge in [-0.2, -0.15) is 0 Å². The second-order valence-corrected chi connectivity index (χ2v) is 4.97. The van der Waals surface area contributed by atoms with E-state index in [1.807, 2.05) is 0 Å². The van der Waals surface area contributed by atoms with Crippen molar-refractivity contribution in [2.75, 3.05) is 18.6 Å². The van der Waals surface area contributed by atoms with Crippen LogP contribution in [-0.4, -0.2) is 39.4 Å². The number of carbonyl (C=O) groups is 1. The van der Waals surface area contributed by atoms with Gasteiger partial charge in [0, 0.05) is 7.05 Å². The van der Waals surface area contributed by atoms with Gasteiger partial charge in [-0.25, -0.2) is 4.79 Å². The fourth-order valence-electron chi connectivity index (χ4n) is 0.789. The molecule has 5 heteroatoms. The van der Waals surface area contributed by atoms with E-state index in [-0.39, 0.29) is 4.71 Å². The zero-order chi connectivity index (χ0) is 8.27. The normalized spacial score (nSPS) is 19.7. The number of hydrogen-bond donors (Lipinski definition) is 1. The Hall–Kier alpha value is -0.0300. The summed E-state index contributed by atoms with van der Waals surface area (Å²) in [7, 11) is 1.62. The second-order valence-electron chi connectivity index (χ2n) is 2.30. The van der Waals surface area contributed by atoms with Crippen molar-refractivity contribution < 1.29 is 9.90 Å². The number of thioether (sulfide) groups is 2. The van der Waals surface area contributed by atoms with Crippen LogP contribution in [0.3, 0.4) is 0 Å². The summed E-state index contributed by atoms with van der Waals surface area (Å²) in [6.07, 6.45) is 0.358. The van der Waals surface area contributed by atoms with E-state index >= 15 is 0 Å². The van der Waals surface area contributed by atoms with Gasteiger partial charge >= 0.3 is 6.09 Å². The van der Waals surface area contributed by atoms with E-state index in [0.29, 0.717) is 0 Å². The molecule has 0 aliphatic carbocycles. The molecule has 1 saturated heterocycles. The van der Waals surface area contributed by atoms with Crippen molar-refractivity contribution in [3.8, 4) is 0 Å². The zero-order valence-corrected chi connectivity index (χ0v) is 7.95. The summed E-state index contributed by atoms with van der Waals surface area (Å²) in [5.74, 6) is 2.16. The number of hydrogen-bond acceptors (Lipinski definition) is 3. The standard InChI is InChI=1S/C6H11NO2S2/c1-7(5(8)9)6-10-3-2-4-11-6/h6H,2-4H2,1H3,(H,8,9). The maximum absolute atomic E-state index is 10.5. The van der Waals surface area contributed by atoms with Crippen molar-refractivity contribution in [3.63, 3.8) is 0 Å². The van der Waals surface area contributed by atoms with Gasteiger partial charge in [0.15, 0.2) is 0 Å². The molecule has 0 aromatic carbocycles. The van der Waals surface area contributed by atoms with Crippen LogP contribution in [-0.2, 0) is 0 Å². The lowest BCUT2D eigenvalue weighted by atomic mass is 10.6. The summed E-state index contributed by atoms with van der Waals surface area (Å²) in [4.78, 5) is 11.9. The summed E-state index contributed by atoms with van der Waals surface area (Å²) >= 11 is 3.42. The van der Waals surface area contributed by atoms with Crippen LogP contribution in [0.2, 0.25) is 0 Å². The lowest BCUT2D eigenvalue weighted by molar-refractivity contribution is 0.160. The van der Waals surface area contributed by atoms with Gasteiger partial charge in [-0.3, -0.25) is 4.90 Å². The Morgan fingerprint density at radius 2 is 2.09 bits per heavy atom. The van der Waals surface area contributed by atoms with Gasteiger partial charge in [0.2, 0.25) is 0 Å². The van der Waals surface area contributed by atoms with E-state index in [1.54, 1.807) is 30.6 Å². The lowest BCUT2D eigenvalue weighted by Crippen LogP contribution is -2.33. The maximum atomic E-state index is 10.5. The Bertz CT molecular complexity index is 148. The SMILES string of the molecule is CN(C(=O)O)C1SCCCS1. The van der Waals surface area contributed by atoms with Crippen molar-refractivity contribution >= 4 is 29.6 Å². The molecule has 1 aliphatic heterocycles. The predicted octanol–water partition coefficient (Wildman–Crippen LogP) is 1.75. The van der Waals surface area contributed by atoms with Crippen molar-refractivity contribution in [2.24, 2.45) is 0 Å². The molecular formula is C6H11NO2S2. The highest BCUT2D eigenvalue weighted by Crippen LogP contribution is 2.32. The first-order chi connectivity index (χ1) is 5.22. The molecule has 0 spiro atoms. The quantitative estimate of drug-likeness (QED) is 0.688. The monoisotopic (exact) mass is 193 g/mol. The average Bonchev–Trinajstić information content (AvgIpc) is 2.05. The first-order valence-electron chi connectivity index (χ1n) is 3.41. The minimum atomic E-state index is -0.836. The molecule has 1 aliphatic rings. The van der Waals surface area contributed by atoms with Gasteiger partial charge in [0.25, 0.3) is 0 Å². The first kappa shape index (κ1) is 9.06. The molecule has 3 nitrogen and oxygen atoms in total. The van der Waals surface area contributed by atoms with Crippen LogP contribution in [0.15, 0.2) is 0 Å². The summed E-state index contributed by atoms with van der Waals surface area (Å²) in [5, 5.41) is 8.63. The maximum Gasteiger partial charge on any atom is 0.408 e. The van der Waals surface area contributed by atoms with Crippen LogP contribution in [0, 0.1) is 0 Å². The Morgan fingerprint density at radius 1 is 1.55 bits per heavy atom. The molecule has 64 valence electrons. The van der Waals surface area contributed by atoms with Gasteiger partial charge in [0.1, 0.15) is 4.71 Å². The molecule has 1 rings (SSSR count). The Balaban J connectivity index is 2.38. The molecule has 1 heterocycles. The third-order valence-corrected chi connectivity index (χ3v) is 4.50. The Kier molecular flexibility index (Phi) is 3.39. The molecule has 11 heavy (non-hydrogen) atoms. The van der Waals surface area contributed by atoms with E-state index in [9.17, 15) is 4.79 Å². The molecule has 0 aromatic heterocycles. The van der Waals surface area contributed by atoms with Gasteiger partial charge in [-0.05, 0) is 17.9 Å².